The van der Waals surface area contributed by atoms with Gasteiger partial charge in [-0.1, -0.05) is 0 Å². The molecule has 26 heavy (non-hydrogen) atoms. The molecule has 0 aliphatic carbocycles. The molecular weight excluding hydrogens is 328 g/mol. The van der Waals surface area contributed by atoms with Crippen LogP contribution in [0.15, 0.2) is 24.3 Å². The van der Waals surface area contributed by atoms with Crippen molar-refractivity contribution in [2.24, 2.45) is 5.92 Å². The molecule has 2 bridgehead atoms. The van der Waals surface area contributed by atoms with E-state index in [1.54, 1.807) is 0 Å². The quantitative estimate of drug-likeness (QED) is 0.763. The van der Waals surface area contributed by atoms with E-state index < -0.39 is 5.60 Å². The lowest BCUT2D eigenvalue weighted by Gasteiger charge is -2.39. The number of benzene rings is 1. The maximum Gasteiger partial charge on any atom is 0.410 e. The maximum atomic E-state index is 13.0. The Hall–Kier alpha value is -2.04. The highest BCUT2D eigenvalue weighted by Gasteiger charge is 2.46. The molecule has 142 valence electrons. The number of rotatable bonds is 3. The van der Waals surface area contributed by atoms with E-state index in [-0.39, 0.29) is 29.9 Å². The first-order chi connectivity index (χ1) is 12.2. The topological polar surface area (TPSA) is 49.9 Å². The number of hydrogen-bond donors (Lipinski definition) is 0. The summed E-state index contributed by atoms with van der Waals surface area (Å²) in [5.41, 5.74) is 1.37. The molecule has 0 spiro atoms. The minimum atomic E-state index is -0.489. The third-order valence-electron chi connectivity index (χ3n) is 5.38. The van der Waals surface area contributed by atoms with Crippen LogP contribution in [0.2, 0.25) is 0 Å². The minimum Gasteiger partial charge on any atom is -0.444 e. The molecule has 1 amide bonds. The second-order valence-corrected chi connectivity index (χ2v) is 8.75. The van der Waals surface area contributed by atoms with E-state index in [2.05, 4.69) is 0 Å². The number of ether oxygens (including phenoxy) is 1. The molecule has 5 nitrogen and oxygen atoms in total. The molecule has 0 saturated carbocycles. The molecule has 5 heteroatoms. The SMILES string of the molecule is CN(C)c1ccc(C(=O)C2CC3CCC(C2)N3C(=O)OC(C)(C)C)cc1. The number of carbonyl (C=O) groups is 2. The Morgan fingerprint density at radius 2 is 1.58 bits per heavy atom. The molecule has 1 aromatic carbocycles. The van der Waals surface area contributed by atoms with Crippen molar-refractivity contribution in [2.75, 3.05) is 19.0 Å². The summed E-state index contributed by atoms with van der Waals surface area (Å²) in [5.74, 6) is 0.201. The number of fused-ring (bicyclic) bond motifs is 2. The van der Waals surface area contributed by atoms with E-state index in [1.165, 1.54) is 0 Å². The van der Waals surface area contributed by atoms with Crippen LogP contribution in [0.4, 0.5) is 10.5 Å². The lowest BCUT2D eigenvalue weighted by atomic mass is 9.85. The van der Waals surface area contributed by atoms with E-state index in [4.69, 9.17) is 4.74 Å². The van der Waals surface area contributed by atoms with Crippen molar-refractivity contribution in [3.8, 4) is 0 Å². The summed E-state index contributed by atoms with van der Waals surface area (Å²) in [4.78, 5) is 29.4. The number of anilines is 1. The normalized spacial score (nSPS) is 25.1. The van der Waals surface area contributed by atoms with Gasteiger partial charge in [0.05, 0.1) is 0 Å². The number of ketones is 1. The molecule has 2 saturated heterocycles. The van der Waals surface area contributed by atoms with Gasteiger partial charge >= 0.3 is 6.09 Å². The van der Waals surface area contributed by atoms with E-state index >= 15 is 0 Å². The molecule has 2 fully saturated rings. The van der Waals surface area contributed by atoms with Crippen LogP contribution >= 0.6 is 0 Å². The molecule has 2 aliphatic heterocycles. The largest absolute Gasteiger partial charge is 0.444 e. The summed E-state index contributed by atoms with van der Waals surface area (Å²) in [6.07, 6.45) is 3.18. The molecular formula is C21H30N2O3. The minimum absolute atomic E-state index is 0.00334. The van der Waals surface area contributed by atoms with Gasteiger partial charge in [-0.3, -0.25) is 4.79 Å². The predicted octanol–water partition coefficient (Wildman–Crippen LogP) is 4.11. The van der Waals surface area contributed by atoms with Crippen molar-refractivity contribution in [2.45, 2.75) is 64.1 Å². The standard InChI is InChI=1S/C21H30N2O3/c1-21(2,3)26-20(25)23-17-10-11-18(23)13-15(12-17)19(24)14-6-8-16(9-7-14)22(4)5/h6-9,15,17-18H,10-13H2,1-5H3. The van der Waals surface area contributed by atoms with Gasteiger partial charge in [0.1, 0.15) is 5.60 Å². The summed E-state index contributed by atoms with van der Waals surface area (Å²) in [6.45, 7) is 5.67. The smallest absolute Gasteiger partial charge is 0.410 e. The predicted molar refractivity (Wildman–Crippen MR) is 103 cm³/mol. The van der Waals surface area contributed by atoms with Gasteiger partial charge in [0.2, 0.25) is 0 Å². The van der Waals surface area contributed by atoms with Crippen LogP contribution in [0, 0.1) is 5.92 Å². The molecule has 0 N–H and O–H groups in total. The first-order valence-electron chi connectivity index (χ1n) is 9.48. The maximum absolute atomic E-state index is 13.0. The van der Waals surface area contributed by atoms with Crippen molar-refractivity contribution in [3.05, 3.63) is 29.8 Å². The van der Waals surface area contributed by atoms with Crippen LogP contribution < -0.4 is 4.90 Å². The van der Waals surface area contributed by atoms with Gasteiger partial charge < -0.3 is 14.5 Å². The van der Waals surface area contributed by atoms with Crippen LogP contribution in [0.5, 0.6) is 0 Å². The van der Waals surface area contributed by atoms with Gasteiger partial charge in [0.15, 0.2) is 5.78 Å². The van der Waals surface area contributed by atoms with Crippen molar-refractivity contribution < 1.29 is 14.3 Å². The molecule has 0 aromatic heterocycles. The number of carbonyl (C=O) groups excluding carboxylic acids is 2. The van der Waals surface area contributed by atoms with Gasteiger partial charge in [-0.15, -0.1) is 0 Å². The van der Waals surface area contributed by atoms with E-state index in [1.807, 2.05) is 68.9 Å². The van der Waals surface area contributed by atoms with Gasteiger partial charge in [-0.2, -0.15) is 0 Å². The van der Waals surface area contributed by atoms with Crippen LogP contribution in [0.1, 0.15) is 56.8 Å². The highest BCUT2D eigenvalue weighted by molar-refractivity contribution is 5.98. The molecule has 2 atom stereocenters. The van der Waals surface area contributed by atoms with Crippen molar-refractivity contribution in [1.82, 2.24) is 4.90 Å². The fourth-order valence-electron chi connectivity index (χ4n) is 4.16. The average molecular weight is 358 g/mol. The third-order valence-corrected chi connectivity index (χ3v) is 5.38. The molecule has 2 aliphatic rings. The van der Waals surface area contributed by atoms with Crippen LogP contribution in [0.3, 0.4) is 0 Å². The summed E-state index contributed by atoms with van der Waals surface area (Å²) in [7, 11) is 3.97. The fraction of sp³-hybridized carbons (Fsp3) is 0.619. The van der Waals surface area contributed by atoms with Gasteiger partial charge in [0, 0.05) is 43.3 Å². The molecule has 1 aromatic rings. The Balaban J connectivity index is 1.68. The fourth-order valence-corrected chi connectivity index (χ4v) is 4.16. The Labute approximate surface area is 156 Å². The second kappa shape index (κ2) is 6.93. The zero-order chi connectivity index (χ0) is 19.1. The van der Waals surface area contributed by atoms with E-state index in [0.717, 1.165) is 36.9 Å². The number of hydrogen-bond acceptors (Lipinski definition) is 4. The number of Topliss-reactive ketones (excluding diaryl/α,β-unsaturated/α-hetero) is 1. The first kappa shape index (κ1) is 18.7. The molecule has 3 rings (SSSR count). The lowest BCUT2D eigenvalue weighted by molar-refractivity contribution is 0.00254. The summed E-state index contributed by atoms with van der Waals surface area (Å²) in [5, 5.41) is 0. The molecule has 2 unspecified atom stereocenters. The Bertz CT molecular complexity index is 661. The highest BCUT2D eigenvalue weighted by atomic mass is 16.6. The Morgan fingerprint density at radius 3 is 2.04 bits per heavy atom. The Kier molecular flexibility index (Phi) is 5.00. The van der Waals surface area contributed by atoms with Crippen molar-refractivity contribution >= 4 is 17.6 Å². The number of nitrogens with zero attached hydrogens (tertiary/aromatic N) is 2. The van der Waals surface area contributed by atoms with Crippen LogP contribution in [-0.4, -0.2) is 48.6 Å². The second-order valence-electron chi connectivity index (χ2n) is 8.75. The van der Waals surface area contributed by atoms with E-state index in [9.17, 15) is 9.59 Å². The van der Waals surface area contributed by atoms with Gasteiger partial charge in [-0.25, -0.2) is 4.79 Å². The monoisotopic (exact) mass is 358 g/mol. The lowest BCUT2D eigenvalue weighted by Crippen LogP contribution is -2.49. The summed E-state index contributed by atoms with van der Waals surface area (Å²) < 4.78 is 5.57. The number of amides is 1. The summed E-state index contributed by atoms with van der Waals surface area (Å²) in [6, 6.07) is 8.05. The average Bonchev–Trinajstić information content (AvgIpc) is 2.83. The highest BCUT2D eigenvalue weighted by Crippen LogP contribution is 2.40. The zero-order valence-electron chi connectivity index (χ0n) is 16.5. The van der Waals surface area contributed by atoms with Gasteiger partial charge in [-0.05, 0) is 70.7 Å². The van der Waals surface area contributed by atoms with Crippen LogP contribution in [-0.2, 0) is 4.74 Å². The Morgan fingerprint density at radius 1 is 1.04 bits per heavy atom. The molecule has 2 heterocycles. The van der Waals surface area contributed by atoms with Crippen molar-refractivity contribution in [3.63, 3.8) is 0 Å². The number of piperidine rings is 1. The molecule has 0 radical (unpaired) electrons. The van der Waals surface area contributed by atoms with Crippen molar-refractivity contribution in [1.29, 1.82) is 0 Å². The zero-order valence-corrected chi connectivity index (χ0v) is 16.5. The van der Waals surface area contributed by atoms with Crippen LogP contribution in [0.25, 0.3) is 0 Å². The van der Waals surface area contributed by atoms with Gasteiger partial charge in [0.25, 0.3) is 0 Å². The summed E-state index contributed by atoms with van der Waals surface area (Å²) >= 11 is 0. The van der Waals surface area contributed by atoms with E-state index in [0.29, 0.717) is 0 Å². The third kappa shape index (κ3) is 3.87. The first-order valence-corrected chi connectivity index (χ1v) is 9.48.